The minimum atomic E-state index is -0.847. The molecule has 1 aromatic rings. The fraction of sp³-hybridized carbons (Fsp3) is 0.222. The Balaban J connectivity index is 0.00000121. The zero-order valence-corrected chi connectivity index (χ0v) is 10.3. The van der Waals surface area contributed by atoms with Gasteiger partial charge in [0.25, 0.3) is 0 Å². The Hall–Kier alpha value is -0.687. The fourth-order valence-corrected chi connectivity index (χ4v) is 1.15. The number of benzene rings is 1. The molecule has 0 spiro atoms. The van der Waals surface area contributed by atoms with Crippen LogP contribution < -0.4 is 0 Å². The fourth-order valence-electron chi connectivity index (χ4n) is 1.15. The second kappa shape index (κ2) is 4.37. The summed E-state index contributed by atoms with van der Waals surface area (Å²) < 4.78 is 0. The van der Waals surface area contributed by atoms with Crippen molar-refractivity contribution in [1.82, 2.24) is 0 Å². The first kappa shape index (κ1) is 11.3. The molecule has 3 heteroatoms. The third-order valence-corrected chi connectivity index (χ3v) is 1.69. The zero-order chi connectivity index (χ0) is 8.43. The topological polar surface area (TPSA) is 37.3 Å². The van der Waals surface area contributed by atoms with E-state index in [0.717, 1.165) is 11.1 Å². The summed E-state index contributed by atoms with van der Waals surface area (Å²) in [5.41, 5.74) is 2.06. The van der Waals surface area contributed by atoms with E-state index in [9.17, 15) is 4.79 Å². The van der Waals surface area contributed by atoms with Crippen molar-refractivity contribution < 1.29 is 29.4 Å². The first-order valence-corrected chi connectivity index (χ1v) is 3.42. The maximum absolute atomic E-state index is 10.6. The maximum atomic E-state index is 10.6. The second-order valence-electron chi connectivity index (χ2n) is 2.57. The molecule has 0 aliphatic rings. The molecule has 0 bridgehead atoms. The van der Waals surface area contributed by atoms with Crippen molar-refractivity contribution in [3.63, 3.8) is 0 Å². The van der Waals surface area contributed by atoms with Crippen molar-refractivity contribution >= 4 is 5.97 Å². The molecule has 0 radical (unpaired) electrons. The first-order valence-electron chi connectivity index (χ1n) is 3.42. The van der Waals surface area contributed by atoms with Gasteiger partial charge < -0.3 is 5.11 Å². The van der Waals surface area contributed by atoms with Crippen LogP contribution in [-0.2, 0) is 19.5 Å². The molecule has 0 aliphatic carbocycles. The van der Waals surface area contributed by atoms with Crippen molar-refractivity contribution in [2.45, 2.75) is 13.8 Å². The van der Waals surface area contributed by atoms with Gasteiger partial charge in [0.05, 0.1) is 5.56 Å². The number of aromatic carboxylic acids is 1. The van der Waals surface area contributed by atoms with Crippen LogP contribution >= 0.6 is 0 Å². The SMILES string of the molecule is Cc1cccc(C)c1C(=O)O.[Zn]. The Morgan fingerprint density at radius 2 is 1.67 bits per heavy atom. The molecular weight excluding hydrogens is 205 g/mol. The van der Waals surface area contributed by atoms with Crippen molar-refractivity contribution in [2.75, 3.05) is 0 Å². The molecule has 0 saturated heterocycles. The Morgan fingerprint density at radius 1 is 1.25 bits per heavy atom. The maximum Gasteiger partial charge on any atom is 0.336 e. The smallest absolute Gasteiger partial charge is 0.336 e. The number of aryl methyl sites for hydroxylation is 2. The molecule has 1 rings (SSSR count). The monoisotopic (exact) mass is 214 g/mol. The summed E-state index contributed by atoms with van der Waals surface area (Å²) in [6.07, 6.45) is 0. The van der Waals surface area contributed by atoms with Gasteiger partial charge in [-0.1, -0.05) is 18.2 Å². The van der Waals surface area contributed by atoms with E-state index >= 15 is 0 Å². The largest absolute Gasteiger partial charge is 0.478 e. The quantitative estimate of drug-likeness (QED) is 0.728. The van der Waals surface area contributed by atoms with Crippen LogP contribution in [0, 0.1) is 13.8 Å². The summed E-state index contributed by atoms with van der Waals surface area (Å²) in [5, 5.41) is 8.75. The Labute approximate surface area is 84.4 Å². The van der Waals surface area contributed by atoms with E-state index in [4.69, 9.17) is 5.11 Å². The van der Waals surface area contributed by atoms with Gasteiger partial charge in [-0.25, -0.2) is 4.79 Å². The van der Waals surface area contributed by atoms with Gasteiger partial charge in [-0.2, -0.15) is 0 Å². The van der Waals surface area contributed by atoms with Gasteiger partial charge in [-0.3, -0.25) is 0 Å². The number of carbonyl (C=O) groups is 1. The van der Waals surface area contributed by atoms with Gasteiger partial charge in [0, 0.05) is 19.5 Å². The summed E-state index contributed by atoms with van der Waals surface area (Å²) in [7, 11) is 0. The summed E-state index contributed by atoms with van der Waals surface area (Å²) in [6, 6.07) is 5.46. The second-order valence-corrected chi connectivity index (χ2v) is 2.57. The van der Waals surface area contributed by atoms with Crippen molar-refractivity contribution in [1.29, 1.82) is 0 Å². The van der Waals surface area contributed by atoms with Crippen LogP contribution in [0.15, 0.2) is 18.2 Å². The average Bonchev–Trinajstić information content (AvgIpc) is 1.85. The van der Waals surface area contributed by atoms with Gasteiger partial charge in [-0.05, 0) is 25.0 Å². The van der Waals surface area contributed by atoms with Crippen LogP contribution in [0.1, 0.15) is 21.5 Å². The van der Waals surface area contributed by atoms with Gasteiger partial charge in [0.1, 0.15) is 0 Å². The molecule has 12 heavy (non-hydrogen) atoms. The van der Waals surface area contributed by atoms with Crippen LogP contribution in [0.25, 0.3) is 0 Å². The van der Waals surface area contributed by atoms with E-state index in [1.54, 1.807) is 26.0 Å². The normalized spacial score (nSPS) is 8.83. The zero-order valence-electron chi connectivity index (χ0n) is 7.29. The number of hydrogen-bond donors (Lipinski definition) is 1. The molecule has 60 valence electrons. The van der Waals surface area contributed by atoms with Crippen LogP contribution in [0.4, 0.5) is 0 Å². The molecule has 0 atom stereocenters. The average molecular weight is 216 g/mol. The minimum Gasteiger partial charge on any atom is -0.478 e. The van der Waals surface area contributed by atoms with E-state index in [1.807, 2.05) is 6.07 Å². The molecule has 1 N–H and O–H groups in total. The molecule has 0 aliphatic heterocycles. The predicted molar refractivity (Wildman–Crippen MR) is 42.9 cm³/mol. The molecule has 0 amide bonds. The molecule has 0 aromatic heterocycles. The van der Waals surface area contributed by atoms with E-state index in [0.29, 0.717) is 5.56 Å². The van der Waals surface area contributed by atoms with Gasteiger partial charge in [0.2, 0.25) is 0 Å². The van der Waals surface area contributed by atoms with E-state index in [2.05, 4.69) is 0 Å². The summed E-state index contributed by atoms with van der Waals surface area (Å²) in [5.74, 6) is -0.847. The van der Waals surface area contributed by atoms with Crippen LogP contribution in [0.3, 0.4) is 0 Å². The van der Waals surface area contributed by atoms with Gasteiger partial charge >= 0.3 is 5.97 Å². The van der Waals surface area contributed by atoms with Crippen LogP contribution in [0.2, 0.25) is 0 Å². The Kier molecular flexibility index (Phi) is 4.12. The third-order valence-electron chi connectivity index (χ3n) is 1.69. The number of hydrogen-bond acceptors (Lipinski definition) is 1. The third kappa shape index (κ3) is 2.15. The van der Waals surface area contributed by atoms with Crippen LogP contribution in [0.5, 0.6) is 0 Å². The summed E-state index contributed by atoms with van der Waals surface area (Å²) >= 11 is 0. The number of carboxylic acid groups (broad SMARTS) is 1. The number of rotatable bonds is 1. The van der Waals surface area contributed by atoms with Crippen molar-refractivity contribution in [2.24, 2.45) is 0 Å². The van der Waals surface area contributed by atoms with E-state index in [1.165, 1.54) is 0 Å². The van der Waals surface area contributed by atoms with Crippen molar-refractivity contribution in [3.8, 4) is 0 Å². The first-order chi connectivity index (χ1) is 5.13. The predicted octanol–water partition coefficient (Wildman–Crippen LogP) is 2.00. The van der Waals surface area contributed by atoms with E-state index in [-0.39, 0.29) is 19.5 Å². The van der Waals surface area contributed by atoms with Crippen molar-refractivity contribution in [3.05, 3.63) is 34.9 Å². The van der Waals surface area contributed by atoms with Gasteiger partial charge in [0.15, 0.2) is 0 Å². The Morgan fingerprint density at radius 3 is 1.92 bits per heavy atom. The Bertz CT molecular complexity index is 274. The summed E-state index contributed by atoms with van der Waals surface area (Å²) in [4.78, 5) is 10.6. The minimum absolute atomic E-state index is 0. The molecule has 1 aromatic carbocycles. The molecule has 0 heterocycles. The van der Waals surface area contributed by atoms with E-state index < -0.39 is 5.97 Å². The molecule has 0 saturated carbocycles. The summed E-state index contributed by atoms with van der Waals surface area (Å²) in [6.45, 7) is 3.60. The molecule has 0 fully saturated rings. The molecule has 0 unspecified atom stereocenters. The van der Waals surface area contributed by atoms with Crippen LogP contribution in [-0.4, -0.2) is 11.1 Å². The standard InChI is InChI=1S/C9H10O2.Zn/c1-6-4-3-5-7(2)8(6)9(10)11;/h3-5H,1-2H3,(H,10,11);. The molecule has 2 nitrogen and oxygen atoms in total. The van der Waals surface area contributed by atoms with Gasteiger partial charge in [-0.15, -0.1) is 0 Å². The molecular formula is C9H10O2Zn. The number of carboxylic acids is 1.